The Hall–Kier alpha value is -2.86. The van der Waals surface area contributed by atoms with E-state index >= 15 is 0 Å². The molecular formula is C20H20ClN3O3. The number of benzene rings is 2. The van der Waals surface area contributed by atoms with Crippen molar-refractivity contribution in [2.24, 2.45) is 5.92 Å². The van der Waals surface area contributed by atoms with Crippen LogP contribution in [0.5, 0.6) is 0 Å². The second-order valence-corrected chi connectivity index (χ2v) is 6.98. The van der Waals surface area contributed by atoms with Gasteiger partial charge in [0, 0.05) is 18.7 Å². The third-order valence-electron chi connectivity index (χ3n) is 4.62. The van der Waals surface area contributed by atoms with Crippen molar-refractivity contribution in [3.63, 3.8) is 0 Å². The van der Waals surface area contributed by atoms with Crippen LogP contribution in [0.4, 0.5) is 5.69 Å². The Labute approximate surface area is 162 Å². The molecule has 3 amide bonds. The van der Waals surface area contributed by atoms with Crippen LogP contribution in [0.1, 0.15) is 27.9 Å². The third-order valence-corrected chi connectivity index (χ3v) is 4.95. The number of rotatable bonds is 3. The van der Waals surface area contributed by atoms with Gasteiger partial charge in [-0.2, -0.15) is 0 Å². The van der Waals surface area contributed by atoms with Crippen molar-refractivity contribution < 1.29 is 14.4 Å². The van der Waals surface area contributed by atoms with Crippen LogP contribution in [0.25, 0.3) is 0 Å². The van der Waals surface area contributed by atoms with Gasteiger partial charge < -0.3 is 4.90 Å². The van der Waals surface area contributed by atoms with Gasteiger partial charge in [-0.05, 0) is 37.1 Å². The molecule has 1 saturated heterocycles. The Morgan fingerprint density at radius 2 is 1.70 bits per heavy atom. The van der Waals surface area contributed by atoms with Crippen molar-refractivity contribution in [3.05, 3.63) is 64.2 Å². The Balaban J connectivity index is 1.64. The maximum absolute atomic E-state index is 12.4. The van der Waals surface area contributed by atoms with Gasteiger partial charge >= 0.3 is 0 Å². The fourth-order valence-corrected chi connectivity index (χ4v) is 3.49. The van der Waals surface area contributed by atoms with E-state index in [-0.39, 0.29) is 24.4 Å². The van der Waals surface area contributed by atoms with E-state index in [9.17, 15) is 14.4 Å². The van der Waals surface area contributed by atoms with Gasteiger partial charge in [-0.1, -0.05) is 41.9 Å². The molecule has 1 atom stereocenters. The summed E-state index contributed by atoms with van der Waals surface area (Å²) in [7, 11) is 0. The van der Waals surface area contributed by atoms with E-state index in [0.717, 1.165) is 16.8 Å². The predicted octanol–water partition coefficient (Wildman–Crippen LogP) is 2.77. The van der Waals surface area contributed by atoms with Gasteiger partial charge in [-0.3, -0.25) is 25.2 Å². The molecule has 2 aromatic carbocycles. The zero-order valence-electron chi connectivity index (χ0n) is 15.1. The number of hydrazine groups is 1. The smallest absolute Gasteiger partial charge is 0.271 e. The molecule has 0 unspecified atom stereocenters. The van der Waals surface area contributed by atoms with Crippen LogP contribution in [0.3, 0.4) is 0 Å². The van der Waals surface area contributed by atoms with Gasteiger partial charge in [-0.25, -0.2) is 0 Å². The Bertz CT molecular complexity index is 893. The lowest BCUT2D eigenvalue weighted by atomic mass is 10.1. The number of hydrogen-bond donors (Lipinski definition) is 2. The van der Waals surface area contributed by atoms with Gasteiger partial charge in [0.05, 0.1) is 16.5 Å². The summed E-state index contributed by atoms with van der Waals surface area (Å²) < 4.78 is 0. The van der Waals surface area contributed by atoms with Crippen LogP contribution < -0.4 is 15.8 Å². The van der Waals surface area contributed by atoms with Crippen LogP contribution in [-0.4, -0.2) is 24.3 Å². The highest BCUT2D eigenvalue weighted by atomic mass is 35.5. The Morgan fingerprint density at radius 3 is 2.37 bits per heavy atom. The molecule has 0 radical (unpaired) electrons. The summed E-state index contributed by atoms with van der Waals surface area (Å²) in [6.07, 6.45) is 0.0988. The van der Waals surface area contributed by atoms with E-state index < -0.39 is 17.7 Å². The minimum atomic E-state index is -0.539. The van der Waals surface area contributed by atoms with Gasteiger partial charge in [0.2, 0.25) is 11.8 Å². The number of aryl methyl sites for hydroxylation is 2. The number of anilines is 1. The summed E-state index contributed by atoms with van der Waals surface area (Å²) in [6.45, 7) is 4.15. The SMILES string of the molecule is Cc1cccc(C)c1N1C[C@H](C(=O)NNC(=O)c2ccccc2Cl)CC1=O. The molecule has 1 heterocycles. The average Bonchev–Trinajstić information content (AvgIpc) is 3.01. The fraction of sp³-hybridized carbons (Fsp3) is 0.250. The molecule has 1 aliphatic heterocycles. The largest absolute Gasteiger partial charge is 0.311 e. The summed E-state index contributed by atoms with van der Waals surface area (Å²) in [4.78, 5) is 38.6. The molecule has 1 fully saturated rings. The minimum Gasteiger partial charge on any atom is -0.311 e. The Kier molecular flexibility index (Phi) is 5.46. The highest BCUT2D eigenvalue weighted by molar-refractivity contribution is 6.33. The number of halogens is 1. The number of para-hydroxylation sites is 1. The van der Waals surface area contributed by atoms with Gasteiger partial charge in [0.25, 0.3) is 5.91 Å². The molecular weight excluding hydrogens is 366 g/mol. The maximum atomic E-state index is 12.4. The van der Waals surface area contributed by atoms with Crippen molar-refractivity contribution in [1.82, 2.24) is 10.9 Å². The van der Waals surface area contributed by atoms with Crippen molar-refractivity contribution in [2.75, 3.05) is 11.4 Å². The topological polar surface area (TPSA) is 78.5 Å². The first-order valence-electron chi connectivity index (χ1n) is 8.59. The number of nitrogens with zero attached hydrogens (tertiary/aromatic N) is 1. The first-order chi connectivity index (χ1) is 12.9. The molecule has 0 saturated carbocycles. The van der Waals surface area contributed by atoms with Crippen molar-refractivity contribution in [2.45, 2.75) is 20.3 Å². The summed E-state index contributed by atoms with van der Waals surface area (Å²) in [5.41, 5.74) is 7.83. The van der Waals surface area contributed by atoms with E-state index in [0.29, 0.717) is 5.02 Å². The highest BCUT2D eigenvalue weighted by Crippen LogP contribution is 2.30. The molecule has 6 nitrogen and oxygen atoms in total. The van der Waals surface area contributed by atoms with Crippen molar-refractivity contribution >= 4 is 35.0 Å². The first-order valence-corrected chi connectivity index (χ1v) is 8.97. The molecule has 2 N–H and O–H groups in total. The van der Waals surface area contributed by atoms with Crippen LogP contribution in [0, 0.1) is 19.8 Å². The second kappa shape index (κ2) is 7.80. The van der Waals surface area contributed by atoms with Crippen molar-refractivity contribution in [1.29, 1.82) is 0 Å². The molecule has 0 bridgehead atoms. The summed E-state index contributed by atoms with van der Waals surface area (Å²) in [6, 6.07) is 12.4. The number of hydrogen-bond acceptors (Lipinski definition) is 3. The Morgan fingerprint density at radius 1 is 1.04 bits per heavy atom. The maximum Gasteiger partial charge on any atom is 0.271 e. The molecule has 0 aliphatic carbocycles. The molecule has 2 aromatic rings. The number of amides is 3. The van der Waals surface area contributed by atoms with Gasteiger partial charge in [0.1, 0.15) is 0 Å². The van der Waals surface area contributed by atoms with E-state index in [1.54, 1.807) is 29.2 Å². The summed E-state index contributed by atoms with van der Waals surface area (Å²) >= 11 is 5.97. The van der Waals surface area contributed by atoms with Gasteiger partial charge in [0.15, 0.2) is 0 Å². The van der Waals surface area contributed by atoms with Crippen LogP contribution in [0.15, 0.2) is 42.5 Å². The summed E-state index contributed by atoms with van der Waals surface area (Å²) in [5.74, 6) is -1.56. The van der Waals surface area contributed by atoms with Crippen molar-refractivity contribution in [3.8, 4) is 0 Å². The molecule has 27 heavy (non-hydrogen) atoms. The van der Waals surface area contributed by atoms with E-state index in [1.807, 2.05) is 32.0 Å². The molecule has 0 spiro atoms. The quantitative estimate of drug-likeness (QED) is 0.797. The molecule has 7 heteroatoms. The molecule has 0 aromatic heterocycles. The second-order valence-electron chi connectivity index (χ2n) is 6.57. The lowest BCUT2D eigenvalue weighted by molar-refractivity contribution is -0.126. The third kappa shape index (κ3) is 3.95. The average molecular weight is 386 g/mol. The first kappa shape index (κ1) is 18.9. The zero-order valence-corrected chi connectivity index (χ0v) is 15.8. The van der Waals surface area contributed by atoms with E-state index in [2.05, 4.69) is 10.9 Å². The fourth-order valence-electron chi connectivity index (χ4n) is 3.26. The molecule has 3 rings (SSSR count). The minimum absolute atomic E-state index is 0.0988. The monoisotopic (exact) mass is 385 g/mol. The molecule has 140 valence electrons. The summed E-state index contributed by atoms with van der Waals surface area (Å²) in [5, 5.41) is 0.293. The number of nitrogens with one attached hydrogen (secondary N) is 2. The van der Waals surface area contributed by atoms with Crippen LogP contribution in [0.2, 0.25) is 5.02 Å². The van der Waals surface area contributed by atoms with E-state index in [4.69, 9.17) is 11.6 Å². The number of carbonyl (C=O) groups excluding carboxylic acids is 3. The lowest BCUT2D eigenvalue weighted by Crippen LogP contribution is -2.45. The zero-order chi connectivity index (χ0) is 19.6. The van der Waals surface area contributed by atoms with Gasteiger partial charge in [-0.15, -0.1) is 0 Å². The van der Waals surface area contributed by atoms with E-state index in [1.165, 1.54) is 0 Å². The van der Waals surface area contributed by atoms with Crippen LogP contribution in [-0.2, 0) is 9.59 Å². The van der Waals surface area contributed by atoms with Crippen LogP contribution >= 0.6 is 11.6 Å². The number of carbonyl (C=O) groups is 3. The normalized spacial score (nSPS) is 16.3. The highest BCUT2D eigenvalue weighted by Gasteiger charge is 2.36. The lowest BCUT2D eigenvalue weighted by Gasteiger charge is -2.21. The standard InChI is InChI=1S/C20H20ClN3O3/c1-12-6-5-7-13(2)18(12)24-11-14(10-17(24)25)19(26)22-23-20(27)15-8-3-4-9-16(15)21/h3-9,14H,10-11H2,1-2H3,(H,22,26)(H,23,27)/t14-/m1/s1. The molecule has 1 aliphatic rings. The predicted molar refractivity (Wildman–Crippen MR) is 103 cm³/mol.